The van der Waals surface area contributed by atoms with Crippen LogP contribution in [-0.4, -0.2) is 76.9 Å². The van der Waals surface area contributed by atoms with Crippen LogP contribution in [0, 0.1) is 0 Å². The second kappa shape index (κ2) is 11.2. The summed E-state index contributed by atoms with van der Waals surface area (Å²) in [6.45, 7) is 5.25. The van der Waals surface area contributed by atoms with Crippen LogP contribution in [0.4, 0.5) is 0 Å². The SMILES string of the molecule is CN1CCN(Cc2ccc(-c3nc(CC(=O)NC(CCC(N)=O)C(=O)O)cs3)cc2)CC1. The molecule has 1 fully saturated rings. The third-order valence-corrected chi connectivity index (χ3v) is 6.35. The summed E-state index contributed by atoms with van der Waals surface area (Å²) in [5.41, 5.74) is 7.86. The van der Waals surface area contributed by atoms with Crippen molar-refractivity contribution in [2.24, 2.45) is 5.73 Å². The number of carbonyl (C=O) groups excluding carboxylic acids is 2. The number of carboxylic acids is 1. The first-order valence-electron chi connectivity index (χ1n) is 10.5. The number of hydrogen-bond acceptors (Lipinski definition) is 7. The molecule has 3 rings (SSSR count). The van der Waals surface area contributed by atoms with E-state index in [1.165, 1.54) is 16.9 Å². The molecule has 1 unspecified atom stereocenters. The lowest BCUT2D eigenvalue weighted by atomic mass is 10.1. The van der Waals surface area contributed by atoms with Crippen LogP contribution in [0.1, 0.15) is 24.1 Å². The fourth-order valence-electron chi connectivity index (χ4n) is 3.49. The second-order valence-corrected chi connectivity index (χ2v) is 8.92. The largest absolute Gasteiger partial charge is 0.480 e. The molecule has 9 nitrogen and oxygen atoms in total. The summed E-state index contributed by atoms with van der Waals surface area (Å²) in [5.74, 6) is -2.26. The van der Waals surface area contributed by atoms with Crippen LogP contribution in [0.2, 0.25) is 0 Å². The molecule has 2 aromatic rings. The zero-order valence-electron chi connectivity index (χ0n) is 18.1. The number of amides is 2. The van der Waals surface area contributed by atoms with Crippen molar-refractivity contribution in [1.82, 2.24) is 20.1 Å². The number of hydrogen-bond donors (Lipinski definition) is 3. The van der Waals surface area contributed by atoms with Gasteiger partial charge in [-0.3, -0.25) is 14.5 Å². The minimum absolute atomic E-state index is 0.0294. The number of carboxylic acid groups (broad SMARTS) is 1. The quantitative estimate of drug-likeness (QED) is 0.482. The highest BCUT2D eigenvalue weighted by molar-refractivity contribution is 7.13. The molecular formula is C22H29N5O4S. The minimum Gasteiger partial charge on any atom is -0.480 e. The highest BCUT2D eigenvalue weighted by Crippen LogP contribution is 2.24. The van der Waals surface area contributed by atoms with E-state index < -0.39 is 23.8 Å². The summed E-state index contributed by atoms with van der Waals surface area (Å²) >= 11 is 1.44. The molecule has 10 heteroatoms. The van der Waals surface area contributed by atoms with E-state index in [0.717, 1.165) is 43.3 Å². The molecule has 1 atom stereocenters. The van der Waals surface area contributed by atoms with Crippen molar-refractivity contribution in [3.63, 3.8) is 0 Å². The van der Waals surface area contributed by atoms with Crippen molar-refractivity contribution in [3.05, 3.63) is 40.9 Å². The van der Waals surface area contributed by atoms with E-state index in [2.05, 4.69) is 39.3 Å². The summed E-state index contributed by atoms with van der Waals surface area (Å²) in [7, 11) is 2.15. The number of likely N-dealkylation sites (N-methyl/N-ethyl adjacent to an activating group) is 1. The van der Waals surface area contributed by atoms with Crippen molar-refractivity contribution in [2.45, 2.75) is 31.8 Å². The molecule has 32 heavy (non-hydrogen) atoms. The number of aliphatic carboxylic acids is 1. The fourth-order valence-corrected chi connectivity index (χ4v) is 4.32. The number of aromatic nitrogens is 1. The maximum Gasteiger partial charge on any atom is 0.326 e. The van der Waals surface area contributed by atoms with Gasteiger partial charge in [0.2, 0.25) is 11.8 Å². The average Bonchev–Trinajstić information content (AvgIpc) is 3.21. The molecular weight excluding hydrogens is 430 g/mol. The van der Waals surface area contributed by atoms with Gasteiger partial charge in [0.1, 0.15) is 11.0 Å². The molecule has 2 heterocycles. The maximum absolute atomic E-state index is 12.2. The van der Waals surface area contributed by atoms with Gasteiger partial charge in [-0.1, -0.05) is 24.3 Å². The zero-order chi connectivity index (χ0) is 23.1. The van der Waals surface area contributed by atoms with Crippen LogP contribution in [0.25, 0.3) is 10.6 Å². The second-order valence-electron chi connectivity index (χ2n) is 8.06. The highest BCUT2D eigenvalue weighted by atomic mass is 32.1. The summed E-state index contributed by atoms with van der Waals surface area (Å²) in [6.07, 6.45) is -0.180. The number of rotatable bonds is 10. The molecule has 1 aromatic heterocycles. The van der Waals surface area contributed by atoms with Crippen LogP contribution < -0.4 is 11.1 Å². The number of nitrogens with two attached hydrogens (primary N) is 1. The molecule has 1 saturated heterocycles. The van der Waals surface area contributed by atoms with E-state index in [1.54, 1.807) is 5.38 Å². The first-order valence-corrected chi connectivity index (χ1v) is 11.4. The van der Waals surface area contributed by atoms with E-state index >= 15 is 0 Å². The van der Waals surface area contributed by atoms with Crippen LogP contribution in [0.3, 0.4) is 0 Å². The average molecular weight is 460 g/mol. The Bertz CT molecular complexity index is 938. The van der Waals surface area contributed by atoms with E-state index in [-0.39, 0.29) is 19.3 Å². The van der Waals surface area contributed by atoms with Crippen molar-refractivity contribution in [2.75, 3.05) is 33.2 Å². The lowest BCUT2D eigenvalue weighted by Crippen LogP contribution is -2.43. The van der Waals surface area contributed by atoms with Gasteiger partial charge >= 0.3 is 5.97 Å². The summed E-state index contributed by atoms with van der Waals surface area (Å²) < 4.78 is 0. The Morgan fingerprint density at radius 2 is 1.88 bits per heavy atom. The molecule has 1 aliphatic heterocycles. The number of primary amides is 1. The monoisotopic (exact) mass is 459 g/mol. The van der Waals surface area contributed by atoms with Crippen molar-refractivity contribution in [1.29, 1.82) is 0 Å². The van der Waals surface area contributed by atoms with Crippen LogP contribution in [0.15, 0.2) is 29.6 Å². The molecule has 1 aromatic carbocycles. The molecule has 2 amide bonds. The molecule has 0 aliphatic carbocycles. The highest BCUT2D eigenvalue weighted by Gasteiger charge is 2.21. The zero-order valence-corrected chi connectivity index (χ0v) is 18.9. The summed E-state index contributed by atoms with van der Waals surface area (Å²) in [4.78, 5) is 43.7. The first kappa shape index (κ1) is 23.8. The van der Waals surface area contributed by atoms with Crippen LogP contribution in [0.5, 0.6) is 0 Å². The Kier molecular flexibility index (Phi) is 8.32. The molecule has 0 radical (unpaired) electrons. The maximum atomic E-state index is 12.2. The minimum atomic E-state index is -1.20. The van der Waals surface area contributed by atoms with Gasteiger partial charge in [-0.2, -0.15) is 0 Å². The third kappa shape index (κ3) is 7.11. The van der Waals surface area contributed by atoms with Gasteiger partial charge in [0.15, 0.2) is 0 Å². The molecule has 0 bridgehead atoms. The summed E-state index contributed by atoms with van der Waals surface area (Å²) in [5, 5.41) is 14.2. The predicted molar refractivity (Wildman–Crippen MR) is 122 cm³/mol. The number of thiazole rings is 1. The van der Waals surface area contributed by atoms with Gasteiger partial charge in [-0.15, -0.1) is 11.3 Å². The Labute approximate surface area is 191 Å². The normalized spacial score (nSPS) is 15.9. The van der Waals surface area contributed by atoms with E-state index in [9.17, 15) is 19.5 Å². The Hall–Kier alpha value is -2.82. The predicted octanol–water partition coefficient (Wildman–Crippen LogP) is 0.935. The topological polar surface area (TPSA) is 129 Å². The van der Waals surface area contributed by atoms with Gasteiger partial charge in [-0.05, 0) is 19.0 Å². The van der Waals surface area contributed by atoms with Gasteiger partial charge in [-0.25, -0.2) is 9.78 Å². The smallest absolute Gasteiger partial charge is 0.326 e. The van der Waals surface area contributed by atoms with E-state index in [0.29, 0.717) is 5.69 Å². The Morgan fingerprint density at radius 1 is 1.19 bits per heavy atom. The van der Waals surface area contributed by atoms with Crippen molar-refractivity contribution >= 4 is 29.1 Å². The standard InChI is InChI=1S/C22H29N5O4S/c1-26-8-10-27(11-9-26)13-15-2-4-16(5-3-15)21-24-17(14-32-21)12-20(29)25-18(22(30)31)6-7-19(23)28/h2-5,14,18H,6-13H2,1H3,(H2,23,28)(H,25,29)(H,30,31). The van der Waals surface area contributed by atoms with Crippen LogP contribution >= 0.6 is 11.3 Å². The number of carbonyl (C=O) groups is 3. The van der Waals surface area contributed by atoms with Crippen LogP contribution in [-0.2, 0) is 27.3 Å². The van der Waals surface area contributed by atoms with Gasteiger partial charge in [0, 0.05) is 50.1 Å². The first-order chi connectivity index (χ1) is 15.3. The number of nitrogens with one attached hydrogen (secondary N) is 1. The molecule has 1 aliphatic rings. The lowest BCUT2D eigenvalue weighted by molar-refractivity contribution is -0.142. The van der Waals surface area contributed by atoms with Gasteiger partial charge in [0.05, 0.1) is 12.1 Å². The fraction of sp³-hybridized carbons (Fsp3) is 0.455. The molecule has 0 saturated carbocycles. The summed E-state index contributed by atoms with van der Waals surface area (Å²) in [6, 6.07) is 7.15. The third-order valence-electron chi connectivity index (χ3n) is 5.41. The van der Waals surface area contributed by atoms with E-state index in [4.69, 9.17) is 5.73 Å². The number of piperazine rings is 1. The van der Waals surface area contributed by atoms with Gasteiger partial charge in [0.25, 0.3) is 0 Å². The Morgan fingerprint density at radius 3 is 2.50 bits per heavy atom. The van der Waals surface area contributed by atoms with Crippen molar-refractivity contribution < 1.29 is 19.5 Å². The number of benzene rings is 1. The molecule has 172 valence electrons. The lowest BCUT2D eigenvalue weighted by Gasteiger charge is -2.32. The van der Waals surface area contributed by atoms with E-state index in [1.807, 2.05) is 12.1 Å². The molecule has 0 spiro atoms. The van der Waals surface area contributed by atoms with Gasteiger partial charge < -0.3 is 21.1 Å². The Balaban J connectivity index is 1.53. The number of nitrogens with zero attached hydrogens (tertiary/aromatic N) is 3. The van der Waals surface area contributed by atoms with Crippen molar-refractivity contribution in [3.8, 4) is 10.6 Å². The molecule has 4 N–H and O–H groups in total.